The summed E-state index contributed by atoms with van der Waals surface area (Å²) in [5.74, 6) is 0. The number of halogens is 2. The van der Waals surface area contributed by atoms with Gasteiger partial charge < -0.3 is 10.3 Å². The van der Waals surface area contributed by atoms with Crippen molar-refractivity contribution in [3.63, 3.8) is 0 Å². The molecule has 0 saturated heterocycles. The Bertz CT molecular complexity index is 715. The van der Waals surface area contributed by atoms with Gasteiger partial charge in [0.2, 0.25) is 0 Å². The van der Waals surface area contributed by atoms with Crippen LogP contribution in [0.25, 0.3) is 0 Å². The number of anilines is 1. The molecule has 1 heterocycles. The first kappa shape index (κ1) is 15.6. The van der Waals surface area contributed by atoms with Crippen LogP contribution in [0.5, 0.6) is 0 Å². The largest absolute Gasteiger partial charge is 0.363 e. The van der Waals surface area contributed by atoms with Gasteiger partial charge in [-0.15, -0.1) is 0 Å². The highest BCUT2D eigenvalue weighted by molar-refractivity contribution is 14.1. The molecule has 0 aliphatic carbocycles. The fraction of sp³-hybridized carbons (Fsp3) is 0.167. The van der Waals surface area contributed by atoms with Crippen molar-refractivity contribution in [3.8, 4) is 0 Å². The molecular formula is C12H13ClIN3O2S. The maximum absolute atomic E-state index is 12.2. The molecule has 0 unspecified atom stereocenters. The summed E-state index contributed by atoms with van der Waals surface area (Å²) in [6.07, 6.45) is 1.45. The summed E-state index contributed by atoms with van der Waals surface area (Å²) in [5.41, 5.74) is 1.16. The Morgan fingerprint density at radius 2 is 2.10 bits per heavy atom. The van der Waals surface area contributed by atoms with Gasteiger partial charge in [0.25, 0.3) is 10.0 Å². The van der Waals surface area contributed by atoms with Gasteiger partial charge in [-0.05, 0) is 53.9 Å². The molecule has 0 atom stereocenters. The summed E-state index contributed by atoms with van der Waals surface area (Å²) < 4.78 is 27.9. The number of aromatic nitrogens is 1. The van der Waals surface area contributed by atoms with Gasteiger partial charge in [0.15, 0.2) is 0 Å². The van der Waals surface area contributed by atoms with E-state index in [1.807, 2.05) is 0 Å². The van der Waals surface area contributed by atoms with Crippen molar-refractivity contribution in [2.24, 2.45) is 0 Å². The first-order chi connectivity index (χ1) is 9.42. The zero-order valence-electron chi connectivity index (χ0n) is 10.6. The Kier molecular flexibility index (Phi) is 4.95. The molecule has 0 aliphatic heterocycles. The van der Waals surface area contributed by atoms with Crippen LogP contribution in [-0.2, 0) is 16.6 Å². The normalized spacial score (nSPS) is 11.6. The molecule has 108 valence electrons. The van der Waals surface area contributed by atoms with E-state index in [4.69, 9.17) is 11.6 Å². The molecule has 1 aromatic carbocycles. The van der Waals surface area contributed by atoms with Crippen molar-refractivity contribution in [2.45, 2.75) is 11.4 Å². The van der Waals surface area contributed by atoms with Crippen molar-refractivity contribution >= 4 is 49.9 Å². The zero-order chi connectivity index (χ0) is 14.8. The third kappa shape index (κ3) is 3.66. The summed E-state index contributed by atoms with van der Waals surface area (Å²) in [6.45, 7) is 0.569. The van der Waals surface area contributed by atoms with Gasteiger partial charge in [-0.25, -0.2) is 8.42 Å². The molecule has 0 radical (unpaired) electrons. The van der Waals surface area contributed by atoms with E-state index in [1.54, 1.807) is 31.3 Å². The number of hydrogen-bond acceptors (Lipinski definition) is 3. The van der Waals surface area contributed by atoms with Crippen LogP contribution in [0.3, 0.4) is 0 Å². The van der Waals surface area contributed by atoms with E-state index in [1.165, 1.54) is 6.20 Å². The van der Waals surface area contributed by atoms with Crippen LogP contribution in [0.15, 0.2) is 35.4 Å². The number of benzene rings is 1. The smallest absolute Gasteiger partial charge is 0.263 e. The Morgan fingerprint density at radius 3 is 2.75 bits per heavy atom. The monoisotopic (exact) mass is 425 g/mol. The van der Waals surface area contributed by atoms with Gasteiger partial charge in [-0.1, -0.05) is 11.6 Å². The van der Waals surface area contributed by atoms with E-state index < -0.39 is 10.0 Å². The molecule has 0 spiro atoms. The van der Waals surface area contributed by atoms with E-state index >= 15 is 0 Å². The third-order valence-electron chi connectivity index (χ3n) is 2.57. The summed E-state index contributed by atoms with van der Waals surface area (Å²) in [6, 6.07) is 6.71. The standard InChI is InChI=1S/C12H13ClIN3O2S/c1-15-6-9-5-10(7-16-9)20(18,19)17-12-3-2-8(14)4-11(12)13/h2-5,7,15-17H,6H2,1H3. The molecule has 3 N–H and O–H groups in total. The van der Waals surface area contributed by atoms with E-state index in [-0.39, 0.29) is 4.90 Å². The first-order valence-electron chi connectivity index (χ1n) is 5.72. The van der Waals surface area contributed by atoms with Gasteiger partial charge >= 0.3 is 0 Å². The van der Waals surface area contributed by atoms with Gasteiger partial charge in [0.1, 0.15) is 4.90 Å². The predicted molar refractivity (Wildman–Crippen MR) is 88.5 cm³/mol. The predicted octanol–water partition coefficient (Wildman–Crippen LogP) is 2.79. The molecule has 0 aliphatic rings. The second-order valence-corrected chi connectivity index (χ2v) is 7.46. The summed E-state index contributed by atoms with van der Waals surface area (Å²) in [7, 11) is -1.85. The highest BCUT2D eigenvalue weighted by Gasteiger charge is 2.17. The third-order valence-corrected chi connectivity index (χ3v) is 4.90. The van der Waals surface area contributed by atoms with Crippen LogP contribution in [0.2, 0.25) is 5.02 Å². The lowest BCUT2D eigenvalue weighted by Crippen LogP contribution is -2.12. The van der Waals surface area contributed by atoms with Crippen LogP contribution < -0.4 is 10.0 Å². The Labute approximate surface area is 136 Å². The Hall–Kier alpha value is -0.770. The fourth-order valence-corrected chi connectivity index (χ4v) is 3.70. The number of aromatic amines is 1. The average molecular weight is 426 g/mol. The summed E-state index contributed by atoms with van der Waals surface area (Å²) >= 11 is 8.14. The zero-order valence-corrected chi connectivity index (χ0v) is 14.3. The lowest BCUT2D eigenvalue weighted by Gasteiger charge is -2.08. The lowest BCUT2D eigenvalue weighted by molar-refractivity contribution is 0.601. The minimum atomic E-state index is -3.64. The molecule has 20 heavy (non-hydrogen) atoms. The number of H-pyrrole nitrogens is 1. The molecule has 0 fully saturated rings. The highest BCUT2D eigenvalue weighted by Crippen LogP contribution is 2.26. The molecule has 2 aromatic rings. The molecule has 8 heteroatoms. The number of nitrogens with one attached hydrogen (secondary N) is 3. The second kappa shape index (κ2) is 6.33. The maximum Gasteiger partial charge on any atom is 0.263 e. The van der Waals surface area contributed by atoms with E-state index in [9.17, 15) is 8.42 Å². The van der Waals surface area contributed by atoms with E-state index in [0.717, 1.165) is 9.26 Å². The molecule has 0 bridgehead atoms. The van der Waals surface area contributed by atoms with E-state index in [0.29, 0.717) is 17.3 Å². The van der Waals surface area contributed by atoms with Gasteiger partial charge in [-0.2, -0.15) is 0 Å². The SMILES string of the molecule is CNCc1cc(S(=O)(=O)Nc2ccc(I)cc2Cl)c[nH]1. The van der Waals surface area contributed by atoms with Gasteiger partial charge in [0.05, 0.1) is 10.7 Å². The van der Waals surface area contributed by atoms with Crippen molar-refractivity contribution in [1.82, 2.24) is 10.3 Å². The number of hydrogen-bond donors (Lipinski definition) is 3. The average Bonchev–Trinajstić information content (AvgIpc) is 2.83. The lowest BCUT2D eigenvalue weighted by atomic mass is 10.3. The summed E-state index contributed by atoms with van der Waals surface area (Å²) in [5, 5.41) is 3.31. The number of rotatable bonds is 5. The highest BCUT2D eigenvalue weighted by atomic mass is 127. The second-order valence-electron chi connectivity index (χ2n) is 4.12. The quantitative estimate of drug-likeness (QED) is 0.645. The molecule has 0 saturated carbocycles. The maximum atomic E-state index is 12.2. The van der Waals surface area contributed by atoms with Gasteiger partial charge in [-0.3, -0.25) is 4.72 Å². The van der Waals surface area contributed by atoms with Crippen LogP contribution >= 0.6 is 34.2 Å². The fourth-order valence-electron chi connectivity index (χ4n) is 1.64. The van der Waals surface area contributed by atoms with Crippen LogP contribution in [0.1, 0.15) is 5.69 Å². The number of sulfonamides is 1. The van der Waals surface area contributed by atoms with Crippen LogP contribution in [0.4, 0.5) is 5.69 Å². The molecule has 2 rings (SSSR count). The van der Waals surface area contributed by atoms with Crippen molar-refractivity contribution in [3.05, 3.63) is 44.7 Å². The van der Waals surface area contributed by atoms with Crippen molar-refractivity contribution < 1.29 is 8.42 Å². The molecule has 1 aromatic heterocycles. The van der Waals surface area contributed by atoms with Gasteiger partial charge in [0, 0.05) is 22.0 Å². The topological polar surface area (TPSA) is 74.0 Å². The molecule has 5 nitrogen and oxygen atoms in total. The summed E-state index contributed by atoms with van der Waals surface area (Å²) in [4.78, 5) is 3.08. The minimum absolute atomic E-state index is 0.178. The van der Waals surface area contributed by atoms with Crippen molar-refractivity contribution in [1.29, 1.82) is 0 Å². The molecular weight excluding hydrogens is 413 g/mol. The van der Waals surface area contributed by atoms with Crippen molar-refractivity contribution in [2.75, 3.05) is 11.8 Å². The van der Waals surface area contributed by atoms with Crippen LogP contribution in [-0.4, -0.2) is 20.4 Å². The Morgan fingerprint density at radius 1 is 1.35 bits per heavy atom. The Balaban J connectivity index is 2.26. The molecule has 0 amide bonds. The minimum Gasteiger partial charge on any atom is -0.363 e. The van der Waals surface area contributed by atoms with Crippen LogP contribution in [0, 0.1) is 3.57 Å². The van der Waals surface area contributed by atoms with E-state index in [2.05, 4.69) is 37.6 Å². The first-order valence-corrected chi connectivity index (χ1v) is 8.66.